The fraction of sp³-hybridized carbons (Fsp3) is 0.400. The molecule has 1 heterocycles. The van der Waals surface area contributed by atoms with Crippen molar-refractivity contribution in [1.29, 1.82) is 0 Å². The number of hydrogen-bond donors (Lipinski definition) is 3. The molecule has 1 aliphatic rings. The first kappa shape index (κ1) is 7.80. The van der Waals surface area contributed by atoms with Gasteiger partial charge in [-0.2, -0.15) is 0 Å². The van der Waals surface area contributed by atoms with E-state index >= 15 is 0 Å². The van der Waals surface area contributed by atoms with Gasteiger partial charge in [-0.05, 0) is 28.7 Å². The van der Waals surface area contributed by atoms with Crippen LogP contribution in [0.4, 0.5) is 0 Å². The van der Waals surface area contributed by atoms with Gasteiger partial charge in [-0.15, -0.1) is 0 Å². The summed E-state index contributed by atoms with van der Waals surface area (Å²) in [5.41, 5.74) is 5.62. The number of halogens is 1. The molecule has 56 valence electrons. The van der Waals surface area contributed by atoms with Gasteiger partial charge in [0.15, 0.2) is 0 Å². The highest BCUT2D eigenvalue weighted by Gasteiger charge is 2.18. The lowest BCUT2D eigenvalue weighted by molar-refractivity contribution is -0.121. The van der Waals surface area contributed by atoms with E-state index in [4.69, 9.17) is 0 Å². The van der Waals surface area contributed by atoms with Crippen LogP contribution in [0.1, 0.15) is 0 Å². The lowest BCUT2D eigenvalue weighted by Gasteiger charge is -2.05. The van der Waals surface area contributed by atoms with Crippen molar-refractivity contribution in [3.05, 3.63) is 9.78 Å². The van der Waals surface area contributed by atoms with Crippen molar-refractivity contribution < 1.29 is 4.79 Å². The van der Waals surface area contributed by atoms with Crippen LogP contribution in [0.25, 0.3) is 0 Å². The van der Waals surface area contributed by atoms with Crippen molar-refractivity contribution >= 4 is 28.5 Å². The van der Waals surface area contributed by atoms with Crippen LogP contribution < -0.4 is 16.2 Å². The number of carbonyl (C=O) groups excluding carboxylic acids is 1. The van der Waals surface area contributed by atoms with Gasteiger partial charge in [0.2, 0.25) is 5.91 Å². The standard InChI is InChI=1S/C5H8IN3O/c1-7-5(10)3-2-4(6)9-8-3/h2-3,8-9H,1H3,(H,7,10). The largest absolute Gasteiger partial charge is 0.357 e. The summed E-state index contributed by atoms with van der Waals surface area (Å²) >= 11 is 2.10. The molecule has 0 fully saturated rings. The summed E-state index contributed by atoms with van der Waals surface area (Å²) in [4.78, 5) is 10.9. The summed E-state index contributed by atoms with van der Waals surface area (Å²) in [6.07, 6.45) is 1.82. The molecule has 0 saturated heterocycles. The molecule has 0 radical (unpaired) electrons. The zero-order valence-electron chi connectivity index (χ0n) is 5.44. The molecule has 1 aliphatic heterocycles. The van der Waals surface area contributed by atoms with E-state index in [-0.39, 0.29) is 11.9 Å². The second-order valence-corrected chi connectivity index (χ2v) is 3.04. The van der Waals surface area contributed by atoms with Gasteiger partial charge in [0.25, 0.3) is 0 Å². The van der Waals surface area contributed by atoms with Crippen molar-refractivity contribution in [3.8, 4) is 0 Å². The van der Waals surface area contributed by atoms with Crippen molar-refractivity contribution in [3.63, 3.8) is 0 Å². The number of carbonyl (C=O) groups is 1. The molecule has 4 nitrogen and oxygen atoms in total. The van der Waals surface area contributed by atoms with Crippen LogP contribution in [0, 0.1) is 0 Å². The Morgan fingerprint density at radius 2 is 2.60 bits per heavy atom. The Morgan fingerprint density at radius 3 is 3.00 bits per heavy atom. The summed E-state index contributed by atoms with van der Waals surface area (Å²) in [6, 6.07) is -0.225. The van der Waals surface area contributed by atoms with Crippen molar-refractivity contribution in [2.45, 2.75) is 6.04 Å². The van der Waals surface area contributed by atoms with Crippen LogP contribution in [0.5, 0.6) is 0 Å². The van der Waals surface area contributed by atoms with Crippen molar-refractivity contribution in [2.75, 3.05) is 7.05 Å². The highest BCUT2D eigenvalue weighted by molar-refractivity contribution is 14.1. The van der Waals surface area contributed by atoms with Gasteiger partial charge in [0, 0.05) is 7.05 Å². The number of hydrazine groups is 1. The van der Waals surface area contributed by atoms with E-state index in [0.29, 0.717) is 0 Å². The maximum Gasteiger partial charge on any atom is 0.242 e. The minimum Gasteiger partial charge on any atom is -0.357 e. The van der Waals surface area contributed by atoms with E-state index < -0.39 is 0 Å². The zero-order chi connectivity index (χ0) is 7.56. The molecule has 0 aromatic carbocycles. The summed E-state index contributed by atoms with van der Waals surface area (Å²) in [5, 5.41) is 2.54. The van der Waals surface area contributed by atoms with Crippen molar-refractivity contribution in [1.82, 2.24) is 16.2 Å². The lowest BCUT2D eigenvalue weighted by atomic mass is 10.3. The first-order chi connectivity index (χ1) is 4.74. The Labute approximate surface area is 72.5 Å². The fourth-order valence-electron chi connectivity index (χ4n) is 0.673. The van der Waals surface area contributed by atoms with Gasteiger partial charge in [-0.1, -0.05) is 0 Å². The third-order valence-electron chi connectivity index (χ3n) is 1.19. The highest BCUT2D eigenvalue weighted by Crippen LogP contribution is 2.06. The van der Waals surface area contributed by atoms with E-state index in [1.165, 1.54) is 0 Å². The summed E-state index contributed by atoms with van der Waals surface area (Å²) in [7, 11) is 1.61. The van der Waals surface area contributed by atoms with Crippen LogP contribution in [-0.4, -0.2) is 19.0 Å². The van der Waals surface area contributed by atoms with Crippen LogP contribution in [0.3, 0.4) is 0 Å². The number of amides is 1. The van der Waals surface area contributed by atoms with Gasteiger partial charge in [-0.25, -0.2) is 5.43 Å². The molecular weight excluding hydrogens is 245 g/mol. The Hall–Kier alpha value is -0.300. The molecule has 10 heavy (non-hydrogen) atoms. The predicted octanol–water partition coefficient (Wildman–Crippen LogP) is -0.515. The summed E-state index contributed by atoms with van der Waals surface area (Å²) in [6.45, 7) is 0. The molecule has 0 aromatic heterocycles. The molecule has 1 rings (SSSR count). The fourth-order valence-corrected chi connectivity index (χ4v) is 1.19. The summed E-state index contributed by atoms with van der Waals surface area (Å²) < 4.78 is 0.950. The molecule has 0 bridgehead atoms. The van der Waals surface area contributed by atoms with Crippen molar-refractivity contribution in [2.24, 2.45) is 0 Å². The van der Waals surface area contributed by atoms with Gasteiger partial charge < -0.3 is 10.7 Å². The van der Waals surface area contributed by atoms with Crippen LogP contribution in [-0.2, 0) is 4.79 Å². The average Bonchev–Trinajstić information content (AvgIpc) is 2.34. The highest BCUT2D eigenvalue weighted by atomic mass is 127. The molecule has 3 N–H and O–H groups in total. The van der Waals surface area contributed by atoms with E-state index in [1.54, 1.807) is 7.05 Å². The second kappa shape index (κ2) is 3.20. The predicted molar refractivity (Wildman–Crippen MR) is 46.2 cm³/mol. The van der Waals surface area contributed by atoms with E-state index in [0.717, 1.165) is 3.70 Å². The van der Waals surface area contributed by atoms with Gasteiger partial charge in [0.05, 0.1) is 3.70 Å². The van der Waals surface area contributed by atoms with Crippen LogP contribution >= 0.6 is 22.6 Å². The molecule has 0 aromatic rings. The molecule has 1 atom stereocenters. The maximum absolute atomic E-state index is 10.9. The maximum atomic E-state index is 10.9. The monoisotopic (exact) mass is 253 g/mol. The Morgan fingerprint density at radius 1 is 1.90 bits per heavy atom. The van der Waals surface area contributed by atoms with Gasteiger partial charge in [-0.3, -0.25) is 4.79 Å². The minimum atomic E-state index is -0.225. The third kappa shape index (κ3) is 1.60. The SMILES string of the molecule is CNC(=O)C1C=C(I)NN1. The number of hydrogen-bond acceptors (Lipinski definition) is 3. The molecule has 5 heteroatoms. The zero-order valence-corrected chi connectivity index (χ0v) is 7.60. The quantitative estimate of drug-likeness (QED) is 0.435. The van der Waals surface area contributed by atoms with E-state index in [9.17, 15) is 4.79 Å². The van der Waals surface area contributed by atoms with E-state index in [1.807, 2.05) is 6.08 Å². The Kier molecular flexibility index (Phi) is 2.50. The third-order valence-corrected chi connectivity index (χ3v) is 1.82. The smallest absolute Gasteiger partial charge is 0.242 e. The lowest BCUT2D eigenvalue weighted by Crippen LogP contribution is -2.42. The topological polar surface area (TPSA) is 53.2 Å². The molecule has 0 saturated carbocycles. The van der Waals surface area contributed by atoms with Gasteiger partial charge in [0.1, 0.15) is 6.04 Å². The molecule has 1 amide bonds. The van der Waals surface area contributed by atoms with Gasteiger partial charge >= 0.3 is 0 Å². The molecule has 0 aliphatic carbocycles. The first-order valence-corrected chi connectivity index (χ1v) is 3.92. The normalized spacial score (nSPS) is 23.4. The summed E-state index contributed by atoms with van der Waals surface area (Å²) in [5.74, 6) is -0.0285. The van der Waals surface area contributed by atoms with Crippen LogP contribution in [0.15, 0.2) is 9.78 Å². The minimum absolute atomic E-state index is 0.0285. The number of rotatable bonds is 1. The Balaban J connectivity index is 2.52. The van der Waals surface area contributed by atoms with E-state index in [2.05, 4.69) is 38.8 Å². The first-order valence-electron chi connectivity index (χ1n) is 2.84. The Bertz CT molecular complexity index is 180. The molecule has 1 unspecified atom stereocenters. The second-order valence-electron chi connectivity index (χ2n) is 1.88. The number of likely N-dealkylation sites (N-methyl/N-ethyl adjacent to an activating group) is 1. The number of nitrogens with one attached hydrogen (secondary N) is 3. The average molecular weight is 253 g/mol. The molecular formula is C5H8IN3O. The molecule has 0 spiro atoms. The van der Waals surface area contributed by atoms with Crippen LogP contribution in [0.2, 0.25) is 0 Å².